The highest BCUT2D eigenvalue weighted by Crippen LogP contribution is 2.37. The van der Waals surface area contributed by atoms with Gasteiger partial charge in [0, 0.05) is 18.0 Å². The van der Waals surface area contributed by atoms with Crippen molar-refractivity contribution in [1.82, 2.24) is 5.32 Å². The Bertz CT molecular complexity index is 628. The molecule has 1 atom stereocenters. The van der Waals surface area contributed by atoms with Gasteiger partial charge in [0.25, 0.3) is 0 Å². The molecule has 110 valence electrons. The molecule has 0 saturated carbocycles. The molecule has 1 aliphatic heterocycles. The fourth-order valence-corrected chi connectivity index (χ4v) is 3.58. The third-order valence-corrected chi connectivity index (χ3v) is 4.86. The van der Waals surface area contributed by atoms with Crippen molar-refractivity contribution >= 4 is 21.4 Å². The maximum atomic E-state index is 11.3. The number of halogens is 1. The molecule has 5 nitrogen and oxygen atoms in total. The van der Waals surface area contributed by atoms with Gasteiger partial charge in [-0.2, -0.15) is 0 Å². The number of methoxy groups -OCH3 is 2. The first-order valence-electron chi connectivity index (χ1n) is 6.00. The van der Waals surface area contributed by atoms with Crippen molar-refractivity contribution in [2.45, 2.75) is 12.6 Å². The first kappa shape index (κ1) is 15.2. The molecule has 0 saturated heterocycles. The summed E-state index contributed by atoms with van der Waals surface area (Å²) in [4.78, 5) is 0. The molecule has 1 N–H and O–H groups in total. The number of ether oxygens (including phenoxy) is 2. The fraction of sp³-hybridized carbons (Fsp3) is 0.385. The zero-order valence-corrected chi connectivity index (χ0v) is 12.8. The molecule has 0 aromatic heterocycles. The minimum absolute atomic E-state index is 0.0813. The lowest BCUT2D eigenvalue weighted by molar-refractivity contribution is 0.354. The highest BCUT2D eigenvalue weighted by molar-refractivity contribution is 7.94. The summed E-state index contributed by atoms with van der Waals surface area (Å²) in [6, 6.07) is 3.40. The molecule has 20 heavy (non-hydrogen) atoms. The van der Waals surface area contributed by atoms with E-state index < -0.39 is 9.84 Å². The van der Waals surface area contributed by atoms with E-state index in [9.17, 15) is 8.42 Å². The first-order chi connectivity index (χ1) is 9.46. The van der Waals surface area contributed by atoms with Crippen LogP contribution < -0.4 is 14.8 Å². The normalized spacial score (nSPS) is 20.1. The van der Waals surface area contributed by atoms with Crippen LogP contribution in [0.5, 0.6) is 11.5 Å². The summed E-state index contributed by atoms with van der Waals surface area (Å²) in [5.74, 6) is 1.12. The molecule has 0 amide bonds. The Morgan fingerprint density at radius 3 is 2.65 bits per heavy atom. The Labute approximate surface area is 123 Å². The average molecular weight is 318 g/mol. The maximum absolute atomic E-state index is 11.3. The molecule has 7 heteroatoms. The number of benzene rings is 1. The average Bonchev–Trinajstić information content (AvgIpc) is 2.76. The topological polar surface area (TPSA) is 64.6 Å². The quantitative estimate of drug-likeness (QED) is 0.896. The number of nitrogens with one attached hydrogen (secondary N) is 1. The van der Waals surface area contributed by atoms with Gasteiger partial charge in [-0.1, -0.05) is 23.7 Å². The largest absolute Gasteiger partial charge is 0.493 e. The van der Waals surface area contributed by atoms with Crippen LogP contribution in [0, 0.1) is 0 Å². The van der Waals surface area contributed by atoms with Gasteiger partial charge in [0.05, 0.1) is 25.0 Å². The van der Waals surface area contributed by atoms with Gasteiger partial charge >= 0.3 is 0 Å². The smallest absolute Gasteiger partial charge is 0.179 e. The van der Waals surface area contributed by atoms with Gasteiger partial charge < -0.3 is 14.8 Å². The Hall–Kier alpha value is -1.24. The van der Waals surface area contributed by atoms with Crippen molar-refractivity contribution in [3.05, 3.63) is 34.2 Å². The Balaban J connectivity index is 2.09. The number of rotatable bonds is 5. The predicted octanol–water partition coefficient (Wildman–Crippen LogP) is 1.76. The summed E-state index contributed by atoms with van der Waals surface area (Å²) in [7, 11) is 0.00880. The summed E-state index contributed by atoms with van der Waals surface area (Å²) in [6.45, 7) is 0.448. The number of hydrogen-bond donors (Lipinski definition) is 1. The van der Waals surface area contributed by atoms with Crippen LogP contribution in [0.3, 0.4) is 0 Å². The van der Waals surface area contributed by atoms with Crippen molar-refractivity contribution in [2.24, 2.45) is 0 Å². The second-order valence-electron chi connectivity index (χ2n) is 4.42. The van der Waals surface area contributed by atoms with Gasteiger partial charge in [-0.3, -0.25) is 0 Å². The number of sulfone groups is 1. The molecule has 2 rings (SSSR count). The minimum Gasteiger partial charge on any atom is -0.493 e. The summed E-state index contributed by atoms with van der Waals surface area (Å²) >= 11 is 6.25. The van der Waals surface area contributed by atoms with Crippen molar-refractivity contribution in [2.75, 3.05) is 20.0 Å². The Kier molecular flexibility index (Phi) is 4.57. The monoisotopic (exact) mass is 317 g/mol. The molecule has 1 unspecified atom stereocenters. The first-order valence-corrected chi connectivity index (χ1v) is 8.10. The molecule has 1 heterocycles. The highest BCUT2D eigenvalue weighted by Gasteiger charge is 2.21. The van der Waals surface area contributed by atoms with Crippen LogP contribution in [0.2, 0.25) is 5.02 Å². The van der Waals surface area contributed by atoms with Crippen LogP contribution in [0.15, 0.2) is 23.6 Å². The molecular formula is C13H16ClNO4S. The van der Waals surface area contributed by atoms with Gasteiger partial charge in [0.15, 0.2) is 21.3 Å². The van der Waals surface area contributed by atoms with E-state index in [0.717, 1.165) is 5.56 Å². The molecule has 0 radical (unpaired) electrons. The summed E-state index contributed by atoms with van der Waals surface area (Å²) < 4.78 is 33.0. The van der Waals surface area contributed by atoms with Crippen molar-refractivity contribution in [3.8, 4) is 11.5 Å². The molecule has 0 fully saturated rings. The molecule has 1 aromatic rings. The van der Waals surface area contributed by atoms with E-state index >= 15 is 0 Å². The van der Waals surface area contributed by atoms with Gasteiger partial charge in [0.1, 0.15) is 0 Å². The highest BCUT2D eigenvalue weighted by atomic mass is 35.5. The van der Waals surface area contributed by atoms with Crippen LogP contribution in [0.4, 0.5) is 0 Å². The van der Waals surface area contributed by atoms with Crippen LogP contribution in [-0.4, -0.2) is 34.4 Å². The van der Waals surface area contributed by atoms with Crippen molar-refractivity contribution < 1.29 is 17.9 Å². The van der Waals surface area contributed by atoms with Crippen molar-refractivity contribution in [1.29, 1.82) is 0 Å². The zero-order chi connectivity index (χ0) is 14.8. The van der Waals surface area contributed by atoms with Crippen molar-refractivity contribution in [3.63, 3.8) is 0 Å². The van der Waals surface area contributed by atoms with E-state index in [4.69, 9.17) is 21.1 Å². The lowest BCUT2D eigenvalue weighted by Gasteiger charge is -2.15. The standard InChI is InChI=1S/C13H16ClNO4S/c1-18-11-4-3-9(12(14)13(11)19-2)7-15-10-5-6-20(16,17)8-10/h3-6,10,15H,7-8H2,1-2H3. The second-order valence-corrected chi connectivity index (χ2v) is 6.73. The van der Waals surface area contributed by atoms with Gasteiger partial charge in [-0.25, -0.2) is 8.42 Å². The van der Waals surface area contributed by atoms with Crippen LogP contribution >= 0.6 is 11.6 Å². The number of hydrogen-bond acceptors (Lipinski definition) is 5. The van der Waals surface area contributed by atoms with E-state index in [1.54, 1.807) is 19.3 Å². The Morgan fingerprint density at radius 1 is 1.35 bits per heavy atom. The third-order valence-electron chi connectivity index (χ3n) is 3.05. The fourth-order valence-electron chi connectivity index (χ4n) is 2.01. The zero-order valence-electron chi connectivity index (χ0n) is 11.2. The third kappa shape index (κ3) is 3.26. The van der Waals surface area contributed by atoms with Gasteiger partial charge in [-0.05, 0) is 11.6 Å². The van der Waals surface area contributed by atoms with E-state index in [2.05, 4.69) is 5.32 Å². The Morgan fingerprint density at radius 2 is 2.10 bits per heavy atom. The summed E-state index contributed by atoms with van der Waals surface area (Å²) in [6.07, 6.45) is 1.64. The van der Waals surface area contributed by atoms with E-state index in [1.165, 1.54) is 12.5 Å². The van der Waals surface area contributed by atoms with Gasteiger partial charge in [0.2, 0.25) is 0 Å². The summed E-state index contributed by atoms with van der Waals surface area (Å²) in [5.41, 5.74) is 0.821. The molecule has 0 bridgehead atoms. The predicted molar refractivity (Wildman–Crippen MR) is 78.1 cm³/mol. The van der Waals surface area contributed by atoms with E-state index in [-0.39, 0.29) is 11.8 Å². The lowest BCUT2D eigenvalue weighted by Crippen LogP contribution is -2.29. The molecule has 0 spiro atoms. The molecule has 0 aliphatic carbocycles. The molecule has 1 aliphatic rings. The minimum atomic E-state index is -3.05. The second kappa shape index (κ2) is 6.03. The summed E-state index contributed by atoms with van der Waals surface area (Å²) in [5, 5.41) is 4.84. The SMILES string of the molecule is COc1ccc(CNC2C=CS(=O)(=O)C2)c(Cl)c1OC. The van der Waals surface area contributed by atoms with Crippen LogP contribution in [0.1, 0.15) is 5.56 Å². The molecular weight excluding hydrogens is 302 g/mol. The van der Waals surface area contributed by atoms with Gasteiger partial charge in [-0.15, -0.1) is 0 Å². The molecule has 1 aromatic carbocycles. The van der Waals surface area contributed by atoms with Crippen LogP contribution in [-0.2, 0) is 16.4 Å². The lowest BCUT2D eigenvalue weighted by atomic mass is 10.2. The van der Waals surface area contributed by atoms with Crippen LogP contribution in [0.25, 0.3) is 0 Å². The van der Waals surface area contributed by atoms with E-state index in [0.29, 0.717) is 23.1 Å². The van der Waals surface area contributed by atoms with E-state index in [1.807, 2.05) is 6.07 Å². The maximum Gasteiger partial charge on any atom is 0.179 e.